The van der Waals surface area contributed by atoms with Gasteiger partial charge in [0.2, 0.25) is 10.0 Å². The first kappa shape index (κ1) is 20.4. The Balaban J connectivity index is 1.53. The van der Waals surface area contributed by atoms with Crippen molar-refractivity contribution in [3.05, 3.63) is 53.6 Å². The molecule has 28 heavy (non-hydrogen) atoms. The van der Waals surface area contributed by atoms with Gasteiger partial charge in [-0.25, -0.2) is 17.9 Å². The van der Waals surface area contributed by atoms with Crippen molar-refractivity contribution in [2.45, 2.75) is 23.8 Å². The SMILES string of the molecule is COc1cccc(NC(=O)N2CCC(NS(=O)(=O)c3ccc(Cl)cc3)CC2)c1. The average Bonchev–Trinajstić information content (AvgIpc) is 2.68. The van der Waals surface area contributed by atoms with Crippen molar-refractivity contribution in [2.24, 2.45) is 0 Å². The van der Waals surface area contributed by atoms with Crippen LogP contribution in [0.1, 0.15) is 12.8 Å². The second-order valence-electron chi connectivity index (χ2n) is 6.50. The molecule has 7 nitrogen and oxygen atoms in total. The maximum atomic E-state index is 12.5. The number of nitrogens with zero attached hydrogens (tertiary/aromatic N) is 1. The van der Waals surface area contributed by atoms with Gasteiger partial charge in [0, 0.05) is 35.9 Å². The van der Waals surface area contributed by atoms with Gasteiger partial charge in [0.15, 0.2) is 0 Å². The highest BCUT2D eigenvalue weighted by Crippen LogP contribution is 2.20. The highest BCUT2D eigenvalue weighted by Gasteiger charge is 2.26. The number of anilines is 1. The zero-order chi connectivity index (χ0) is 20.1. The number of amides is 2. The van der Waals surface area contributed by atoms with Crippen molar-refractivity contribution in [3.8, 4) is 5.75 Å². The lowest BCUT2D eigenvalue weighted by Crippen LogP contribution is -2.47. The molecule has 2 aromatic rings. The Morgan fingerprint density at radius 2 is 1.82 bits per heavy atom. The van der Waals surface area contributed by atoms with Gasteiger partial charge in [0.05, 0.1) is 12.0 Å². The minimum atomic E-state index is -3.61. The summed E-state index contributed by atoms with van der Waals surface area (Å²) in [6.45, 7) is 0.924. The Labute approximate surface area is 169 Å². The number of halogens is 1. The van der Waals surface area contributed by atoms with Crippen LogP contribution >= 0.6 is 11.6 Å². The monoisotopic (exact) mass is 423 g/mol. The van der Waals surface area contributed by atoms with Gasteiger partial charge >= 0.3 is 6.03 Å². The van der Waals surface area contributed by atoms with E-state index >= 15 is 0 Å². The van der Waals surface area contributed by atoms with Gasteiger partial charge in [-0.1, -0.05) is 17.7 Å². The molecule has 1 heterocycles. The molecule has 3 rings (SSSR count). The zero-order valence-corrected chi connectivity index (χ0v) is 17.0. The minimum absolute atomic E-state index is 0.176. The number of ether oxygens (including phenoxy) is 1. The van der Waals surface area contributed by atoms with Crippen molar-refractivity contribution in [1.82, 2.24) is 9.62 Å². The molecule has 1 aliphatic heterocycles. The summed E-state index contributed by atoms with van der Waals surface area (Å²) in [6.07, 6.45) is 1.08. The molecule has 0 atom stereocenters. The number of urea groups is 1. The van der Waals surface area contributed by atoms with E-state index in [-0.39, 0.29) is 17.0 Å². The van der Waals surface area contributed by atoms with E-state index in [1.807, 2.05) is 0 Å². The fourth-order valence-electron chi connectivity index (χ4n) is 3.00. The van der Waals surface area contributed by atoms with Crippen LogP contribution in [-0.4, -0.2) is 45.6 Å². The molecule has 0 aromatic heterocycles. The van der Waals surface area contributed by atoms with Crippen molar-refractivity contribution in [2.75, 3.05) is 25.5 Å². The van der Waals surface area contributed by atoms with Crippen LogP contribution in [0.15, 0.2) is 53.4 Å². The summed E-state index contributed by atoms with van der Waals surface area (Å²) in [4.78, 5) is 14.3. The van der Waals surface area contributed by atoms with E-state index in [1.165, 1.54) is 12.1 Å². The number of piperidine rings is 1. The lowest BCUT2D eigenvalue weighted by atomic mass is 10.1. The van der Waals surface area contributed by atoms with E-state index in [0.29, 0.717) is 42.4 Å². The molecule has 150 valence electrons. The summed E-state index contributed by atoms with van der Waals surface area (Å²) < 4.78 is 32.8. The van der Waals surface area contributed by atoms with Gasteiger partial charge in [-0.2, -0.15) is 0 Å². The molecule has 2 amide bonds. The highest BCUT2D eigenvalue weighted by molar-refractivity contribution is 7.89. The predicted molar refractivity (Wildman–Crippen MR) is 108 cm³/mol. The fraction of sp³-hybridized carbons (Fsp3) is 0.316. The summed E-state index contributed by atoms with van der Waals surface area (Å²) in [5.74, 6) is 0.660. The van der Waals surface area contributed by atoms with Crippen LogP contribution in [0.25, 0.3) is 0 Å². The van der Waals surface area contributed by atoms with Crippen LogP contribution in [0, 0.1) is 0 Å². The van der Waals surface area contributed by atoms with Gasteiger partial charge in [0.25, 0.3) is 0 Å². The second kappa shape index (κ2) is 8.81. The molecule has 1 saturated heterocycles. The van der Waals surface area contributed by atoms with Gasteiger partial charge in [-0.05, 0) is 49.2 Å². The third kappa shape index (κ3) is 5.15. The van der Waals surface area contributed by atoms with Crippen LogP contribution < -0.4 is 14.8 Å². The number of sulfonamides is 1. The molecule has 2 aromatic carbocycles. The summed E-state index contributed by atoms with van der Waals surface area (Å²) in [7, 11) is -2.05. The summed E-state index contributed by atoms with van der Waals surface area (Å²) in [6, 6.07) is 12.7. The van der Waals surface area contributed by atoms with Crippen molar-refractivity contribution >= 4 is 33.3 Å². The Morgan fingerprint density at radius 3 is 2.46 bits per heavy atom. The normalized spacial score (nSPS) is 15.3. The third-order valence-corrected chi connectivity index (χ3v) is 6.34. The molecular weight excluding hydrogens is 402 g/mol. The number of likely N-dealkylation sites (tertiary alicyclic amines) is 1. The molecule has 0 unspecified atom stereocenters. The van der Waals surface area contributed by atoms with Crippen LogP contribution in [0.3, 0.4) is 0 Å². The predicted octanol–water partition coefficient (Wildman–Crippen LogP) is 3.32. The lowest BCUT2D eigenvalue weighted by molar-refractivity contribution is 0.193. The molecule has 0 radical (unpaired) electrons. The smallest absolute Gasteiger partial charge is 0.321 e. The topological polar surface area (TPSA) is 87.7 Å². The maximum absolute atomic E-state index is 12.5. The van der Waals surface area contributed by atoms with Crippen molar-refractivity contribution in [3.63, 3.8) is 0 Å². The van der Waals surface area contributed by atoms with E-state index < -0.39 is 10.0 Å². The molecule has 1 aliphatic rings. The van der Waals surface area contributed by atoms with Crippen molar-refractivity contribution < 1.29 is 17.9 Å². The van der Waals surface area contributed by atoms with Gasteiger partial charge in [-0.15, -0.1) is 0 Å². The number of methoxy groups -OCH3 is 1. The Hall–Kier alpha value is -2.29. The molecule has 0 bridgehead atoms. The van der Waals surface area contributed by atoms with Gasteiger partial charge in [-0.3, -0.25) is 0 Å². The number of nitrogens with one attached hydrogen (secondary N) is 2. The molecule has 2 N–H and O–H groups in total. The van der Waals surface area contributed by atoms with E-state index in [9.17, 15) is 13.2 Å². The zero-order valence-electron chi connectivity index (χ0n) is 15.4. The number of rotatable bonds is 5. The number of carbonyl (C=O) groups is 1. The first-order valence-corrected chi connectivity index (χ1v) is 10.7. The van der Waals surface area contributed by atoms with E-state index in [1.54, 1.807) is 48.4 Å². The van der Waals surface area contributed by atoms with E-state index in [4.69, 9.17) is 16.3 Å². The Bertz CT molecular complexity index is 926. The van der Waals surface area contributed by atoms with Crippen LogP contribution in [-0.2, 0) is 10.0 Å². The highest BCUT2D eigenvalue weighted by atomic mass is 35.5. The quantitative estimate of drug-likeness (QED) is 0.772. The standard InChI is InChI=1S/C19H22ClN3O4S/c1-27-17-4-2-3-16(13-17)21-19(24)23-11-9-15(10-12-23)22-28(25,26)18-7-5-14(20)6-8-18/h2-8,13,15,22H,9-12H2,1H3,(H,21,24). The molecule has 1 fully saturated rings. The van der Waals surface area contributed by atoms with Crippen molar-refractivity contribution in [1.29, 1.82) is 0 Å². The van der Waals surface area contributed by atoms with Crippen LogP contribution in [0.2, 0.25) is 5.02 Å². The largest absolute Gasteiger partial charge is 0.497 e. The Morgan fingerprint density at radius 1 is 1.14 bits per heavy atom. The van der Waals surface area contributed by atoms with Gasteiger partial charge in [0.1, 0.15) is 5.75 Å². The summed E-state index contributed by atoms with van der Waals surface area (Å²) >= 11 is 5.81. The summed E-state index contributed by atoms with van der Waals surface area (Å²) in [5, 5.41) is 3.32. The average molecular weight is 424 g/mol. The molecule has 0 aliphatic carbocycles. The van der Waals surface area contributed by atoms with Gasteiger partial charge < -0.3 is 15.0 Å². The Kier molecular flexibility index (Phi) is 6.43. The molecule has 0 saturated carbocycles. The first-order valence-electron chi connectivity index (χ1n) is 8.85. The molecule has 0 spiro atoms. The number of hydrogen-bond acceptors (Lipinski definition) is 4. The van der Waals surface area contributed by atoms with E-state index in [0.717, 1.165) is 0 Å². The van der Waals surface area contributed by atoms with Crippen LogP contribution in [0.5, 0.6) is 5.75 Å². The summed E-state index contributed by atoms with van der Waals surface area (Å²) in [5.41, 5.74) is 0.648. The van der Waals surface area contributed by atoms with E-state index in [2.05, 4.69) is 10.0 Å². The number of benzene rings is 2. The van der Waals surface area contributed by atoms with Crippen LogP contribution in [0.4, 0.5) is 10.5 Å². The number of hydrogen-bond donors (Lipinski definition) is 2. The second-order valence-corrected chi connectivity index (χ2v) is 8.65. The minimum Gasteiger partial charge on any atom is -0.497 e. The maximum Gasteiger partial charge on any atom is 0.321 e. The first-order chi connectivity index (χ1) is 13.4. The third-order valence-electron chi connectivity index (χ3n) is 4.55. The number of carbonyl (C=O) groups excluding carboxylic acids is 1. The lowest BCUT2D eigenvalue weighted by Gasteiger charge is -2.32. The fourth-order valence-corrected chi connectivity index (χ4v) is 4.44. The molecule has 9 heteroatoms. The molecular formula is C19H22ClN3O4S.